The Hall–Kier alpha value is -1.84. The van der Waals surface area contributed by atoms with Gasteiger partial charge in [0.25, 0.3) is 0 Å². The molecular formula is C17H25NO3. The normalized spacial score (nSPS) is 10.3. The van der Waals surface area contributed by atoms with E-state index in [0.29, 0.717) is 25.8 Å². The summed E-state index contributed by atoms with van der Waals surface area (Å²) in [4.78, 5) is 22.1. The number of aryl methyl sites for hydroxylation is 1. The third-order valence-corrected chi connectivity index (χ3v) is 3.35. The lowest BCUT2D eigenvalue weighted by atomic mass is 10.0. The van der Waals surface area contributed by atoms with Crippen molar-refractivity contribution in [2.24, 2.45) is 0 Å². The molecule has 2 N–H and O–H groups in total. The number of benzene rings is 1. The summed E-state index contributed by atoms with van der Waals surface area (Å²) in [5.41, 5.74) is 2.33. The molecule has 0 aliphatic carbocycles. The van der Waals surface area contributed by atoms with Crippen LogP contribution >= 0.6 is 0 Å². The van der Waals surface area contributed by atoms with Crippen LogP contribution in [0, 0.1) is 0 Å². The molecule has 116 valence electrons. The molecule has 0 spiro atoms. The minimum absolute atomic E-state index is 0.00775. The first-order valence-corrected chi connectivity index (χ1v) is 7.68. The summed E-state index contributed by atoms with van der Waals surface area (Å²) in [7, 11) is 0. The number of amides is 1. The summed E-state index contributed by atoms with van der Waals surface area (Å²) in [6.45, 7) is 2.72. The van der Waals surface area contributed by atoms with Gasteiger partial charge in [0.15, 0.2) is 0 Å². The SMILES string of the molecule is CCCCc1ccc(CC(=O)NCCCCC(=O)O)cc1. The van der Waals surface area contributed by atoms with Crippen molar-refractivity contribution in [3.8, 4) is 0 Å². The Morgan fingerprint density at radius 1 is 1.05 bits per heavy atom. The van der Waals surface area contributed by atoms with Crippen molar-refractivity contribution in [2.45, 2.75) is 51.9 Å². The topological polar surface area (TPSA) is 66.4 Å². The van der Waals surface area contributed by atoms with Crippen LogP contribution in [-0.2, 0) is 22.4 Å². The molecule has 0 unspecified atom stereocenters. The lowest BCUT2D eigenvalue weighted by Crippen LogP contribution is -2.26. The number of carbonyl (C=O) groups excluding carboxylic acids is 1. The van der Waals surface area contributed by atoms with Crippen molar-refractivity contribution < 1.29 is 14.7 Å². The number of rotatable bonds is 10. The Labute approximate surface area is 126 Å². The van der Waals surface area contributed by atoms with Gasteiger partial charge in [0.2, 0.25) is 5.91 Å². The first kappa shape index (κ1) is 17.2. The van der Waals surface area contributed by atoms with Crippen molar-refractivity contribution in [2.75, 3.05) is 6.54 Å². The van der Waals surface area contributed by atoms with Crippen LogP contribution in [0.2, 0.25) is 0 Å². The van der Waals surface area contributed by atoms with Crippen LogP contribution in [0.25, 0.3) is 0 Å². The molecule has 21 heavy (non-hydrogen) atoms. The Morgan fingerprint density at radius 3 is 2.33 bits per heavy atom. The summed E-state index contributed by atoms with van der Waals surface area (Å²) in [5.74, 6) is -0.795. The largest absolute Gasteiger partial charge is 0.481 e. The highest BCUT2D eigenvalue weighted by molar-refractivity contribution is 5.78. The van der Waals surface area contributed by atoms with E-state index in [9.17, 15) is 9.59 Å². The summed E-state index contributed by atoms with van der Waals surface area (Å²) < 4.78 is 0. The molecule has 0 bridgehead atoms. The number of nitrogens with one attached hydrogen (secondary N) is 1. The quantitative estimate of drug-likeness (QED) is 0.651. The fourth-order valence-electron chi connectivity index (χ4n) is 2.08. The number of aliphatic carboxylic acids is 1. The molecule has 0 aliphatic rings. The van der Waals surface area contributed by atoms with Gasteiger partial charge in [-0.3, -0.25) is 9.59 Å². The lowest BCUT2D eigenvalue weighted by Gasteiger charge is -2.06. The molecular weight excluding hydrogens is 266 g/mol. The van der Waals surface area contributed by atoms with Gasteiger partial charge in [0.1, 0.15) is 0 Å². The van der Waals surface area contributed by atoms with E-state index >= 15 is 0 Å². The standard InChI is InChI=1S/C17H25NO3/c1-2-3-6-14-8-10-15(11-9-14)13-16(19)18-12-5-4-7-17(20)21/h8-11H,2-7,12-13H2,1H3,(H,18,19)(H,20,21). The van der Waals surface area contributed by atoms with Crippen LogP contribution in [-0.4, -0.2) is 23.5 Å². The van der Waals surface area contributed by atoms with Gasteiger partial charge in [-0.2, -0.15) is 0 Å². The van der Waals surface area contributed by atoms with Gasteiger partial charge < -0.3 is 10.4 Å². The Morgan fingerprint density at radius 2 is 1.71 bits per heavy atom. The van der Waals surface area contributed by atoms with Gasteiger partial charge >= 0.3 is 5.97 Å². The first-order chi connectivity index (χ1) is 10.1. The molecule has 0 saturated heterocycles. The van der Waals surface area contributed by atoms with Crippen LogP contribution in [0.15, 0.2) is 24.3 Å². The molecule has 1 aromatic carbocycles. The van der Waals surface area contributed by atoms with Gasteiger partial charge in [-0.15, -0.1) is 0 Å². The van der Waals surface area contributed by atoms with E-state index in [0.717, 1.165) is 12.0 Å². The second kappa shape index (κ2) is 9.97. The van der Waals surface area contributed by atoms with E-state index in [-0.39, 0.29) is 12.3 Å². The summed E-state index contributed by atoms with van der Waals surface area (Å²) in [6, 6.07) is 8.19. The van der Waals surface area contributed by atoms with E-state index in [2.05, 4.69) is 24.4 Å². The highest BCUT2D eigenvalue weighted by atomic mass is 16.4. The molecule has 4 nitrogen and oxygen atoms in total. The monoisotopic (exact) mass is 291 g/mol. The second-order valence-electron chi connectivity index (χ2n) is 5.30. The third-order valence-electron chi connectivity index (χ3n) is 3.35. The average molecular weight is 291 g/mol. The summed E-state index contributed by atoms with van der Waals surface area (Å²) >= 11 is 0. The zero-order valence-electron chi connectivity index (χ0n) is 12.7. The zero-order valence-corrected chi connectivity index (χ0v) is 12.7. The molecule has 0 atom stereocenters. The van der Waals surface area contributed by atoms with Crippen LogP contribution in [0.5, 0.6) is 0 Å². The average Bonchev–Trinajstić information content (AvgIpc) is 2.46. The maximum absolute atomic E-state index is 11.7. The third kappa shape index (κ3) is 8.12. The predicted octanol–water partition coefficient (Wildman–Crippen LogP) is 2.94. The Bertz CT molecular complexity index is 440. The molecule has 0 fully saturated rings. The van der Waals surface area contributed by atoms with E-state index < -0.39 is 5.97 Å². The molecule has 4 heteroatoms. The van der Waals surface area contributed by atoms with Gasteiger partial charge in [0, 0.05) is 13.0 Å². The number of carboxylic acids is 1. The van der Waals surface area contributed by atoms with E-state index in [1.54, 1.807) is 0 Å². The fraction of sp³-hybridized carbons (Fsp3) is 0.529. The lowest BCUT2D eigenvalue weighted by molar-refractivity contribution is -0.137. The fourth-order valence-corrected chi connectivity index (χ4v) is 2.08. The Kier molecular flexibility index (Phi) is 8.17. The van der Waals surface area contributed by atoms with Gasteiger partial charge in [-0.05, 0) is 36.8 Å². The zero-order chi connectivity index (χ0) is 15.5. The minimum atomic E-state index is -0.788. The van der Waals surface area contributed by atoms with Crippen LogP contribution in [0.1, 0.15) is 50.2 Å². The second-order valence-corrected chi connectivity index (χ2v) is 5.30. The van der Waals surface area contributed by atoms with E-state index in [1.807, 2.05) is 12.1 Å². The molecule has 1 rings (SSSR count). The Balaban J connectivity index is 2.23. The number of hydrogen-bond donors (Lipinski definition) is 2. The molecule has 1 aromatic rings. The molecule has 0 aromatic heterocycles. The van der Waals surface area contributed by atoms with Gasteiger partial charge in [-0.1, -0.05) is 37.6 Å². The maximum atomic E-state index is 11.7. The maximum Gasteiger partial charge on any atom is 0.303 e. The van der Waals surface area contributed by atoms with Gasteiger partial charge in [0.05, 0.1) is 6.42 Å². The predicted molar refractivity (Wildman–Crippen MR) is 83.3 cm³/mol. The van der Waals surface area contributed by atoms with Crippen molar-refractivity contribution in [3.63, 3.8) is 0 Å². The molecule has 0 heterocycles. The number of unbranched alkanes of at least 4 members (excludes halogenated alkanes) is 2. The van der Waals surface area contributed by atoms with Crippen molar-refractivity contribution in [3.05, 3.63) is 35.4 Å². The first-order valence-electron chi connectivity index (χ1n) is 7.68. The van der Waals surface area contributed by atoms with Crippen molar-refractivity contribution >= 4 is 11.9 Å². The van der Waals surface area contributed by atoms with E-state index in [4.69, 9.17) is 5.11 Å². The van der Waals surface area contributed by atoms with Crippen molar-refractivity contribution in [1.29, 1.82) is 0 Å². The van der Waals surface area contributed by atoms with E-state index in [1.165, 1.54) is 18.4 Å². The van der Waals surface area contributed by atoms with Gasteiger partial charge in [-0.25, -0.2) is 0 Å². The smallest absolute Gasteiger partial charge is 0.303 e. The molecule has 0 saturated carbocycles. The highest BCUT2D eigenvalue weighted by Gasteiger charge is 2.03. The summed E-state index contributed by atoms with van der Waals surface area (Å²) in [5, 5.41) is 11.3. The number of carboxylic acid groups (broad SMARTS) is 1. The minimum Gasteiger partial charge on any atom is -0.481 e. The summed E-state index contributed by atoms with van der Waals surface area (Å²) in [6.07, 6.45) is 5.31. The number of hydrogen-bond acceptors (Lipinski definition) is 2. The molecule has 1 amide bonds. The molecule has 0 aliphatic heterocycles. The number of carbonyl (C=O) groups is 2. The van der Waals surface area contributed by atoms with Crippen LogP contribution in [0.4, 0.5) is 0 Å². The highest BCUT2D eigenvalue weighted by Crippen LogP contribution is 2.08. The van der Waals surface area contributed by atoms with Crippen LogP contribution in [0.3, 0.4) is 0 Å². The molecule has 0 radical (unpaired) electrons. The van der Waals surface area contributed by atoms with Crippen molar-refractivity contribution in [1.82, 2.24) is 5.32 Å². The van der Waals surface area contributed by atoms with Crippen LogP contribution < -0.4 is 5.32 Å².